The summed E-state index contributed by atoms with van der Waals surface area (Å²) >= 11 is 0. The van der Waals surface area contributed by atoms with Crippen LogP contribution in [0.25, 0.3) is 11.1 Å². The number of aromatic nitrogens is 2. The zero-order valence-corrected chi connectivity index (χ0v) is 18.0. The van der Waals surface area contributed by atoms with E-state index in [1.54, 1.807) is 24.3 Å². The van der Waals surface area contributed by atoms with E-state index >= 15 is 0 Å². The van der Waals surface area contributed by atoms with Gasteiger partial charge in [-0.15, -0.1) is 0 Å². The number of nitrogens with zero attached hydrogens (tertiary/aromatic N) is 3. The van der Waals surface area contributed by atoms with E-state index in [1.165, 1.54) is 18.4 Å². The van der Waals surface area contributed by atoms with Crippen LogP contribution < -0.4 is 4.90 Å². The third-order valence-electron chi connectivity index (χ3n) is 7.22. The van der Waals surface area contributed by atoms with Gasteiger partial charge in [0.05, 0.1) is 6.20 Å². The highest BCUT2D eigenvalue weighted by atomic mass is 16.5. The van der Waals surface area contributed by atoms with Crippen LogP contribution in [0.2, 0.25) is 0 Å². The van der Waals surface area contributed by atoms with Gasteiger partial charge < -0.3 is 14.7 Å². The fraction of sp³-hybridized carbons (Fsp3) is 0.385. The number of anilines is 1. The molecule has 2 aliphatic heterocycles. The van der Waals surface area contributed by atoms with Crippen molar-refractivity contribution >= 4 is 11.6 Å². The molecule has 1 saturated carbocycles. The molecule has 3 aliphatic rings. The van der Waals surface area contributed by atoms with Crippen molar-refractivity contribution in [1.29, 1.82) is 0 Å². The molecule has 1 aromatic heterocycles. The van der Waals surface area contributed by atoms with Crippen LogP contribution in [-0.2, 0) is 16.7 Å². The fourth-order valence-corrected chi connectivity index (χ4v) is 5.19. The average Bonchev–Trinajstić information content (AvgIpc) is 3.42. The van der Waals surface area contributed by atoms with Gasteiger partial charge in [-0.25, -0.2) is 0 Å². The summed E-state index contributed by atoms with van der Waals surface area (Å²) in [6.45, 7) is 3.05. The summed E-state index contributed by atoms with van der Waals surface area (Å²) in [5, 5.41) is 14.4. The van der Waals surface area contributed by atoms with Gasteiger partial charge in [-0.2, -0.15) is 5.10 Å². The molecule has 2 fully saturated rings. The van der Waals surface area contributed by atoms with Gasteiger partial charge in [0, 0.05) is 54.7 Å². The maximum absolute atomic E-state index is 13.4. The lowest BCUT2D eigenvalue weighted by Crippen LogP contribution is -2.40. The summed E-state index contributed by atoms with van der Waals surface area (Å²) in [5.41, 5.74) is 4.86. The summed E-state index contributed by atoms with van der Waals surface area (Å²) in [6.07, 6.45) is 8.50. The van der Waals surface area contributed by atoms with Gasteiger partial charge in [-0.05, 0) is 73.1 Å². The molecule has 1 amide bonds. The Kier molecular flexibility index (Phi) is 4.57. The summed E-state index contributed by atoms with van der Waals surface area (Å²) in [4.78, 5) is 15.3. The topological polar surface area (TPSA) is 67.6 Å². The lowest BCUT2D eigenvalue weighted by atomic mass is 9.75. The summed E-state index contributed by atoms with van der Waals surface area (Å²) in [6, 6.07) is 13.0. The quantitative estimate of drug-likeness (QED) is 0.669. The van der Waals surface area contributed by atoms with E-state index in [4.69, 9.17) is 4.74 Å². The maximum Gasteiger partial charge on any atom is 0.258 e. The number of amides is 1. The molecule has 0 bridgehead atoms. The Morgan fingerprint density at radius 2 is 1.97 bits per heavy atom. The fourth-order valence-electron chi connectivity index (χ4n) is 5.19. The van der Waals surface area contributed by atoms with Gasteiger partial charge in [0.1, 0.15) is 5.75 Å². The van der Waals surface area contributed by atoms with E-state index in [2.05, 4.69) is 34.2 Å². The molecule has 3 heterocycles. The number of benzene rings is 2. The van der Waals surface area contributed by atoms with Gasteiger partial charge in [-0.1, -0.05) is 12.1 Å². The summed E-state index contributed by atoms with van der Waals surface area (Å²) in [5.74, 6) is 0.815. The summed E-state index contributed by atoms with van der Waals surface area (Å²) in [7, 11) is 0. The molecule has 1 N–H and O–H groups in total. The molecular formula is C26H27N3O3. The van der Waals surface area contributed by atoms with Gasteiger partial charge in [-0.3, -0.25) is 9.48 Å². The SMILES string of the molecule is O=C(c1cccc(O)c1)N1CC2(CCOCC2)c2cc(-c3cnn(CC4CC4)c3)ccc21. The Morgan fingerprint density at radius 1 is 1.12 bits per heavy atom. The molecule has 6 rings (SSSR count). The number of carbonyl (C=O) groups excluding carboxylic acids is 1. The number of phenolic OH excluding ortho intramolecular Hbond substituents is 1. The molecule has 1 spiro atoms. The number of aromatic hydroxyl groups is 1. The number of fused-ring (bicyclic) bond motifs is 2. The first-order valence-electron chi connectivity index (χ1n) is 11.5. The van der Waals surface area contributed by atoms with Crippen molar-refractivity contribution < 1.29 is 14.6 Å². The van der Waals surface area contributed by atoms with Gasteiger partial charge in [0.25, 0.3) is 5.91 Å². The van der Waals surface area contributed by atoms with Crippen LogP contribution in [0.4, 0.5) is 5.69 Å². The predicted octanol–water partition coefficient (Wildman–Crippen LogP) is 4.37. The molecule has 3 aromatic rings. The normalized spacial score (nSPS) is 19.3. The number of rotatable bonds is 4. The van der Waals surface area contributed by atoms with Gasteiger partial charge >= 0.3 is 0 Å². The Balaban J connectivity index is 1.38. The number of phenols is 1. The third-order valence-corrected chi connectivity index (χ3v) is 7.22. The van der Waals surface area contributed by atoms with Crippen molar-refractivity contribution in [2.24, 2.45) is 5.92 Å². The largest absolute Gasteiger partial charge is 0.508 e. The van der Waals surface area contributed by atoms with Crippen LogP contribution in [-0.4, -0.2) is 40.6 Å². The van der Waals surface area contributed by atoms with E-state index in [9.17, 15) is 9.90 Å². The Hall–Kier alpha value is -3.12. The lowest BCUT2D eigenvalue weighted by molar-refractivity contribution is 0.0547. The zero-order chi connectivity index (χ0) is 21.7. The smallest absolute Gasteiger partial charge is 0.258 e. The zero-order valence-electron chi connectivity index (χ0n) is 18.0. The third kappa shape index (κ3) is 3.39. The minimum atomic E-state index is -0.0971. The first-order chi connectivity index (χ1) is 15.6. The van der Waals surface area contributed by atoms with E-state index in [0.717, 1.165) is 42.1 Å². The second-order valence-electron chi connectivity index (χ2n) is 9.46. The molecule has 32 heavy (non-hydrogen) atoms. The summed E-state index contributed by atoms with van der Waals surface area (Å²) < 4.78 is 7.74. The van der Waals surface area contributed by atoms with Gasteiger partial charge in [0.15, 0.2) is 0 Å². The van der Waals surface area contributed by atoms with Crippen molar-refractivity contribution in [3.05, 3.63) is 66.0 Å². The van der Waals surface area contributed by atoms with E-state index in [1.807, 2.05) is 11.1 Å². The highest BCUT2D eigenvalue weighted by Gasteiger charge is 2.46. The monoisotopic (exact) mass is 429 g/mol. The first kappa shape index (κ1) is 19.6. The van der Waals surface area contributed by atoms with Crippen LogP contribution >= 0.6 is 0 Å². The molecule has 1 saturated heterocycles. The average molecular weight is 430 g/mol. The predicted molar refractivity (Wildman–Crippen MR) is 122 cm³/mol. The number of ether oxygens (including phenoxy) is 1. The van der Waals surface area contributed by atoms with Crippen molar-refractivity contribution in [3.8, 4) is 16.9 Å². The molecule has 6 nitrogen and oxygen atoms in total. The van der Waals surface area contributed by atoms with Crippen molar-refractivity contribution in [2.75, 3.05) is 24.7 Å². The van der Waals surface area contributed by atoms with E-state index in [0.29, 0.717) is 25.3 Å². The molecule has 1 aliphatic carbocycles. The lowest BCUT2D eigenvalue weighted by Gasteiger charge is -2.34. The first-order valence-corrected chi connectivity index (χ1v) is 11.5. The second-order valence-corrected chi connectivity index (χ2v) is 9.46. The number of hydrogen-bond acceptors (Lipinski definition) is 4. The van der Waals surface area contributed by atoms with Crippen LogP contribution in [0.15, 0.2) is 54.9 Å². The molecule has 0 radical (unpaired) electrons. The second kappa shape index (κ2) is 7.48. The van der Waals surface area contributed by atoms with Crippen molar-refractivity contribution in [1.82, 2.24) is 9.78 Å². The Labute approximate surface area is 187 Å². The molecule has 6 heteroatoms. The Bertz CT molecular complexity index is 1170. The van der Waals surface area contributed by atoms with Crippen LogP contribution in [0.1, 0.15) is 41.6 Å². The van der Waals surface area contributed by atoms with E-state index in [-0.39, 0.29) is 17.1 Å². The minimum absolute atomic E-state index is 0.0736. The minimum Gasteiger partial charge on any atom is -0.508 e. The number of hydrogen-bond donors (Lipinski definition) is 1. The number of carbonyl (C=O) groups is 1. The van der Waals surface area contributed by atoms with Crippen LogP contribution in [0, 0.1) is 5.92 Å². The van der Waals surface area contributed by atoms with Crippen molar-refractivity contribution in [3.63, 3.8) is 0 Å². The molecule has 0 unspecified atom stereocenters. The Morgan fingerprint density at radius 3 is 2.75 bits per heavy atom. The molecule has 0 atom stereocenters. The van der Waals surface area contributed by atoms with Crippen molar-refractivity contribution in [2.45, 2.75) is 37.6 Å². The highest BCUT2D eigenvalue weighted by Crippen LogP contribution is 2.48. The molecule has 2 aromatic carbocycles. The standard InChI is InChI=1S/C26H27N3O3/c30-22-3-1-2-20(12-22)25(31)29-17-26(8-10-32-11-9-26)23-13-19(6-7-24(23)29)21-14-27-28(16-21)15-18-4-5-18/h1-3,6-7,12-14,16,18,30H,4-5,8-11,15,17H2. The van der Waals surface area contributed by atoms with Crippen LogP contribution in [0.3, 0.4) is 0 Å². The maximum atomic E-state index is 13.4. The van der Waals surface area contributed by atoms with Gasteiger partial charge in [0.2, 0.25) is 0 Å². The highest BCUT2D eigenvalue weighted by molar-refractivity contribution is 6.08. The van der Waals surface area contributed by atoms with E-state index < -0.39 is 0 Å². The van der Waals surface area contributed by atoms with Crippen LogP contribution in [0.5, 0.6) is 5.75 Å². The molecular weight excluding hydrogens is 402 g/mol. The molecule has 164 valence electrons.